The van der Waals surface area contributed by atoms with Gasteiger partial charge in [0.1, 0.15) is 0 Å². The molecule has 4 aromatic carbocycles. The van der Waals surface area contributed by atoms with Crippen molar-refractivity contribution in [3.63, 3.8) is 0 Å². The van der Waals surface area contributed by atoms with E-state index in [1.165, 1.54) is 5.56 Å². The van der Waals surface area contributed by atoms with Crippen molar-refractivity contribution in [2.45, 2.75) is 19.8 Å². The van der Waals surface area contributed by atoms with Crippen molar-refractivity contribution in [1.29, 1.82) is 0 Å². The number of aromatic hydroxyl groups is 2. The summed E-state index contributed by atoms with van der Waals surface area (Å²) in [5, 5.41) is 26.5. The van der Waals surface area contributed by atoms with Crippen molar-refractivity contribution in [3.05, 3.63) is 60.2 Å². The average Bonchev–Trinajstić information content (AvgIpc) is 2.58. The fourth-order valence-corrected chi connectivity index (χ4v) is 3.54. The Morgan fingerprint density at radius 2 is 1.22 bits per heavy atom. The Labute approximate surface area is 134 Å². The lowest BCUT2D eigenvalue weighted by Crippen LogP contribution is -1.90. The Morgan fingerprint density at radius 3 is 1.96 bits per heavy atom. The zero-order valence-electron chi connectivity index (χ0n) is 13.2. The van der Waals surface area contributed by atoms with Gasteiger partial charge in [-0.15, -0.1) is 0 Å². The highest BCUT2D eigenvalue weighted by Gasteiger charge is 2.16. The minimum atomic E-state index is -0.0458. The van der Waals surface area contributed by atoms with Crippen molar-refractivity contribution in [1.82, 2.24) is 0 Å². The van der Waals surface area contributed by atoms with Crippen molar-refractivity contribution < 1.29 is 10.2 Å². The van der Waals surface area contributed by atoms with Crippen LogP contribution in [0.25, 0.3) is 32.3 Å². The summed E-state index contributed by atoms with van der Waals surface area (Å²) in [6.45, 7) is 4.33. The van der Waals surface area contributed by atoms with Crippen LogP contribution in [0.3, 0.4) is 0 Å². The lowest BCUT2D eigenvalue weighted by atomic mass is 9.91. The zero-order chi connectivity index (χ0) is 16.1. The fraction of sp³-hybridized carbons (Fsp3) is 0.143. The van der Waals surface area contributed by atoms with Gasteiger partial charge in [-0.1, -0.05) is 68.4 Å². The zero-order valence-corrected chi connectivity index (χ0v) is 13.2. The van der Waals surface area contributed by atoms with Crippen LogP contribution in [0.5, 0.6) is 11.5 Å². The molecule has 0 atom stereocenters. The van der Waals surface area contributed by atoms with Crippen LogP contribution in [0.4, 0.5) is 0 Å². The molecule has 4 rings (SSSR count). The number of phenols is 2. The van der Waals surface area contributed by atoms with E-state index in [1.54, 1.807) is 0 Å². The molecular formula is C21H18O2. The van der Waals surface area contributed by atoms with E-state index in [0.29, 0.717) is 11.3 Å². The summed E-state index contributed by atoms with van der Waals surface area (Å²) >= 11 is 0. The molecule has 0 aliphatic heterocycles. The van der Waals surface area contributed by atoms with Crippen LogP contribution < -0.4 is 0 Å². The lowest BCUT2D eigenvalue weighted by molar-refractivity contribution is 0.413. The molecule has 0 spiro atoms. The monoisotopic (exact) mass is 302 g/mol. The summed E-state index contributed by atoms with van der Waals surface area (Å²) < 4.78 is 0. The minimum Gasteiger partial charge on any atom is -0.504 e. The summed E-state index contributed by atoms with van der Waals surface area (Å²) in [5.41, 5.74) is 1.25. The molecule has 114 valence electrons. The molecule has 0 saturated heterocycles. The fourth-order valence-electron chi connectivity index (χ4n) is 3.54. The quantitative estimate of drug-likeness (QED) is 0.351. The van der Waals surface area contributed by atoms with Gasteiger partial charge in [-0.2, -0.15) is 0 Å². The molecule has 0 saturated carbocycles. The molecule has 23 heavy (non-hydrogen) atoms. The van der Waals surface area contributed by atoms with Crippen LogP contribution in [-0.2, 0) is 0 Å². The topological polar surface area (TPSA) is 40.5 Å². The number of phenolic OH excluding ortho intramolecular Hbond substituents is 2. The van der Waals surface area contributed by atoms with Gasteiger partial charge < -0.3 is 10.2 Å². The van der Waals surface area contributed by atoms with Crippen LogP contribution in [0, 0.1) is 0 Å². The Kier molecular flexibility index (Phi) is 2.95. The van der Waals surface area contributed by atoms with E-state index in [1.807, 2.05) is 42.5 Å². The molecule has 2 nitrogen and oxygen atoms in total. The van der Waals surface area contributed by atoms with Gasteiger partial charge in [0.25, 0.3) is 0 Å². The van der Waals surface area contributed by atoms with Gasteiger partial charge in [-0.05, 0) is 33.0 Å². The van der Waals surface area contributed by atoms with Gasteiger partial charge in [0.2, 0.25) is 0 Å². The number of hydrogen-bond acceptors (Lipinski definition) is 2. The normalized spacial score (nSPS) is 11.8. The largest absolute Gasteiger partial charge is 0.504 e. The number of rotatable bonds is 1. The van der Waals surface area contributed by atoms with Crippen LogP contribution in [0.15, 0.2) is 54.6 Å². The van der Waals surface area contributed by atoms with Crippen molar-refractivity contribution in [2.24, 2.45) is 0 Å². The Hall–Kier alpha value is -2.74. The predicted octanol–water partition coefficient (Wildman–Crippen LogP) is 5.68. The molecule has 0 amide bonds. The Balaban J connectivity index is 2.30. The van der Waals surface area contributed by atoms with Crippen molar-refractivity contribution in [3.8, 4) is 11.5 Å². The second-order valence-corrected chi connectivity index (χ2v) is 6.33. The summed E-state index contributed by atoms with van der Waals surface area (Å²) in [6, 6.07) is 17.9. The maximum atomic E-state index is 10.6. The smallest absolute Gasteiger partial charge is 0.166 e. The van der Waals surface area contributed by atoms with Gasteiger partial charge in [0, 0.05) is 10.8 Å². The Morgan fingerprint density at radius 1 is 0.609 bits per heavy atom. The molecule has 2 heteroatoms. The summed E-state index contributed by atoms with van der Waals surface area (Å²) in [6.07, 6.45) is 0. The molecule has 0 radical (unpaired) electrons. The Bertz CT molecular complexity index is 1060. The van der Waals surface area contributed by atoms with E-state index in [0.717, 1.165) is 26.9 Å². The number of fused-ring (bicyclic) bond motifs is 5. The maximum absolute atomic E-state index is 10.6. The first-order valence-corrected chi connectivity index (χ1v) is 7.87. The molecule has 0 aromatic heterocycles. The predicted molar refractivity (Wildman–Crippen MR) is 96.4 cm³/mol. The van der Waals surface area contributed by atoms with Gasteiger partial charge in [-0.25, -0.2) is 0 Å². The minimum absolute atomic E-state index is 0.0368. The highest BCUT2D eigenvalue weighted by Crippen LogP contribution is 2.45. The summed E-state index contributed by atoms with van der Waals surface area (Å²) in [4.78, 5) is 0. The van der Waals surface area contributed by atoms with Crippen LogP contribution in [0.2, 0.25) is 0 Å². The van der Waals surface area contributed by atoms with Crippen LogP contribution in [0.1, 0.15) is 25.3 Å². The second kappa shape index (κ2) is 4.88. The van der Waals surface area contributed by atoms with E-state index in [-0.39, 0.29) is 11.5 Å². The maximum Gasteiger partial charge on any atom is 0.166 e. The van der Waals surface area contributed by atoms with Gasteiger partial charge >= 0.3 is 0 Å². The first-order valence-electron chi connectivity index (χ1n) is 7.87. The SMILES string of the molecule is CC(C)c1cccc2c1ccc1c3ccccc3c(O)c(O)c21. The number of benzene rings is 4. The molecule has 0 aliphatic rings. The second-order valence-electron chi connectivity index (χ2n) is 6.33. The standard InChI is InChI=1S/C21H18O2/c1-12(2)13-8-5-9-16-15(13)10-11-17-14-6-3-4-7-18(14)20(22)21(23)19(16)17/h3-12,22-23H,1-2H3. The molecular weight excluding hydrogens is 284 g/mol. The third-order valence-electron chi connectivity index (χ3n) is 4.65. The molecule has 0 fully saturated rings. The molecule has 2 N–H and O–H groups in total. The van der Waals surface area contributed by atoms with Gasteiger partial charge in [-0.3, -0.25) is 0 Å². The number of hydrogen-bond donors (Lipinski definition) is 2. The summed E-state index contributed by atoms with van der Waals surface area (Å²) in [7, 11) is 0. The average molecular weight is 302 g/mol. The highest BCUT2D eigenvalue weighted by atomic mass is 16.3. The first-order chi connectivity index (χ1) is 11.1. The van der Waals surface area contributed by atoms with E-state index < -0.39 is 0 Å². The van der Waals surface area contributed by atoms with E-state index >= 15 is 0 Å². The lowest BCUT2D eigenvalue weighted by Gasteiger charge is -2.15. The summed E-state index contributed by atoms with van der Waals surface area (Å²) in [5.74, 6) is 0.313. The third-order valence-corrected chi connectivity index (χ3v) is 4.65. The third kappa shape index (κ3) is 1.88. The van der Waals surface area contributed by atoms with Crippen LogP contribution in [-0.4, -0.2) is 10.2 Å². The van der Waals surface area contributed by atoms with Crippen molar-refractivity contribution in [2.75, 3.05) is 0 Å². The molecule has 4 aromatic rings. The van der Waals surface area contributed by atoms with Crippen molar-refractivity contribution >= 4 is 32.3 Å². The van der Waals surface area contributed by atoms with Crippen LogP contribution >= 0.6 is 0 Å². The van der Waals surface area contributed by atoms with E-state index in [2.05, 4.69) is 26.0 Å². The first kappa shape index (κ1) is 13.9. The molecule has 0 heterocycles. The highest BCUT2D eigenvalue weighted by molar-refractivity contribution is 6.22. The van der Waals surface area contributed by atoms with E-state index in [4.69, 9.17) is 0 Å². The molecule has 0 bridgehead atoms. The molecule has 0 unspecified atom stereocenters. The van der Waals surface area contributed by atoms with Gasteiger partial charge in [0.05, 0.1) is 0 Å². The van der Waals surface area contributed by atoms with E-state index in [9.17, 15) is 10.2 Å². The van der Waals surface area contributed by atoms with Gasteiger partial charge in [0.15, 0.2) is 11.5 Å². The molecule has 0 aliphatic carbocycles.